The van der Waals surface area contributed by atoms with Crippen molar-refractivity contribution in [3.63, 3.8) is 0 Å². The predicted octanol–water partition coefficient (Wildman–Crippen LogP) is 3.96. The minimum Gasteiger partial charge on any atom is -0.325 e. The molecule has 2 atom stereocenters. The van der Waals surface area contributed by atoms with Crippen LogP contribution in [0.4, 0.5) is 5.69 Å². The Kier molecular flexibility index (Phi) is 4.89. The molecule has 3 rings (SSSR count). The number of halogens is 1. The van der Waals surface area contributed by atoms with E-state index in [1.807, 2.05) is 48.5 Å². The third-order valence-corrected chi connectivity index (χ3v) is 4.36. The summed E-state index contributed by atoms with van der Waals surface area (Å²) < 4.78 is 0. The summed E-state index contributed by atoms with van der Waals surface area (Å²) >= 11 is 0. The first-order valence-corrected chi connectivity index (χ1v) is 7.37. The van der Waals surface area contributed by atoms with Gasteiger partial charge in [0.1, 0.15) is 0 Å². The van der Waals surface area contributed by atoms with E-state index in [-0.39, 0.29) is 23.9 Å². The molecule has 22 heavy (non-hydrogen) atoms. The van der Waals surface area contributed by atoms with Crippen LogP contribution in [0.5, 0.6) is 0 Å². The number of amides is 1. The summed E-state index contributed by atoms with van der Waals surface area (Å²) in [7, 11) is 0. The fourth-order valence-corrected chi connectivity index (χ4v) is 2.79. The molecule has 4 heteroatoms. The van der Waals surface area contributed by atoms with Crippen LogP contribution in [0.1, 0.15) is 41.6 Å². The average Bonchev–Trinajstić information content (AvgIpc) is 3.21. The molecule has 1 fully saturated rings. The number of nitrogens with two attached hydrogens (primary N) is 1. The van der Waals surface area contributed by atoms with Gasteiger partial charge in [-0.25, -0.2) is 0 Å². The van der Waals surface area contributed by atoms with Crippen LogP contribution in [-0.4, -0.2) is 11.4 Å². The summed E-state index contributed by atoms with van der Waals surface area (Å²) in [4.78, 5) is 12.2. The fraction of sp³-hybridized carbons (Fsp3) is 0.278. The summed E-state index contributed by atoms with van der Waals surface area (Å²) in [5, 5.41) is 2.95. The molecule has 0 bridgehead atoms. The molecule has 1 saturated carbocycles. The maximum absolute atomic E-state index is 12.2. The highest BCUT2D eigenvalue weighted by atomic mass is 35.5. The van der Waals surface area contributed by atoms with Crippen molar-refractivity contribution in [1.29, 1.82) is 0 Å². The molecule has 2 aromatic rings. The first-order chi connectivity index (χ1) is 10.1. The molecule has 3 N–H and O–H groups in total. The van der Waals surface area contributed by atoms with Crippen LogP contribution < -0.4 is 11.1 Å². The molecule has 0 radical (unpaired) electrons. The Morgan fingerprint density at radius 3 is 2.59 bits per heavy atom. The molecule has 1 aliphatic carbocycles. The first-order valence-electron chi connectivity index (χ1n) is 7.37. The molecule has 2 aromatic carbocycles. The molecule has 0 spiro atoms. The molecule has 116 valence electrons. The van der Waals surface area contributed by atoms with Gasteiger partial charge >= 0.3 is 0 Å². The maximum atomic E-state index is 12.2. The van der Waals surface area contributed by atoms with E-state index >= 15 is 0 Å². The van der Waals surface area contributed by atoms with Gasteiger partial charge in [0.2, 0.25) is 0 Å². The van der Waals surface area contributed by atoms with Gasteiger partial charge in [-0.1, -0.05) is 37.3 Å². The second-order valence-electron chi connectivity index (χ2n) is 5.79. The molecule has 0 heterocycles. The Bertz CT molecular complexity index is 659. The van der Waals surface area contributed by atoms with E-state index in [4.69, 9.17) is 5.73 Å². The standard InChI is InChI=1S/C18H20N2O.ClH/c1-2-18(19)12-16(18)14-9-6-10-15(11-14)20-17(21)13-7-4-3-5-8-13;/h3-11,16H,2,12,19H2,1H3,(H,20,21);1H/t16-,18-;/m0./s1. The second-order valence-corrected chi connectivity index (χ2v) is 5.79. The van der Waals surface area contributed by atoms with Crippen molar-refractivity contribution in [3.05, 3.63) is 65.7 Å². The fourth-order valence-electron chi connectivity index (χ4n) is 2.79. The van der Waals surface area contributed by atoms with Gasteiger partial charge in [-0.15, -0.1) is 12.4 Å². The van der Waals surface area contributed by atoms with Crippen LogP contribution in [0, 0.1) is 0 Å². The van der Waals surface area contributed by atoms with E-state index in [1.165, 1.54) is 5.56 Å². The highest BCUT2D eigenvalue weighted by Gasteiger charge is 2.49. The smallest absolute Gasteiger partial charge is 0.255 e. The lowest BCUT2D eigenvalue weighted by Gasteiger charge is -2.10. The third kappa shape index (κ3) is 3.32. The highest BCUT2D eigenvalue weighted by Crippen LogP contribution is 2.51. The zero-order valence-corrected chi connectivity index (χ0v) is 13.4. The Balaban J connectivity index is 0.00000176. The van der Waals surface area contributed by atoms with Gasteiger partial charge < -0.3 is 11.1 Å². The van der Waals surface area contributed by atoms with Crippen LogP contribution in [0.15, 0.2) is 54.6 Å². The molecule has 3 nitrogen and oxygen atoms in total. The van der Waals surface area contributed by atoms with E-state index in [0.717, 1.165) is 18.5 Å². The largest absolute Gasteiger partial charge is 0.325 e. The van der Waals surface area contributed by atoms with Gasteiger partial charge in [-0.3, -0.25) is 4.79 Å². The zero-order chi connectivity index (χ0) is 14.9. The quantitative estimate of drug-likeness (QED) is 0.897. The number of rotatable bonds is 4. The number of benzene rings is 2. The van der Waals surface area contributed by atoms with Gasteiger partial charge in [-0.05, 0) is 42.7 Å². The molecular weight excluding hydrogens is 296 g/mol. The van der Waals surface area contributed by atoms with Crippen molar-refractivity contribution >= 4 is 24.0 Å². The predicted molar refractivity (Wildman–Crippen MR) is 92.7 cm³/mol. The highest BCUT2D eigenvalue weighted by molar-refractivity contribution is 6.04. The van der Waals surface area contributed by atoms with Crippen molar-refractivity contribution in [2.75, 3.05) is 5.32 Å². The molecule has 0 aliphatic heterocycles. The van der Waals surface area contributed by atoms with Crippen molar-refractivity contribution in [2.24, 2.45) is 5.73 Å². The molecule has 0 aromatic heterocycles. The Morgan fingerprint density at radius 1 is 1.23 bits per heavy atom. The van der Waals surface area contributed by atoms with Gasteiger partial charge in [0.25, 0.3) is 5.91 Å². The molecule has 0 unspecified atom stereocenters. The van der Waals surface area contributed by atoms with Crippen molar-refractivity contribution < 1.29 is 4.79 Å². The van der Waals surface area contributed by atoms with Crippen molar-refractivity contribution in [1.82, 2.24) is 0 Å². The minimum atomic E-state index is -0.0851. The number of hydrogen-bond donors (Lipinski definition) is 2. The number of anilines is 1. The van der Waals surface area contributed by atoms with Gasteiger partial charge in [0, 0.05) is 22.7 Å². The first kappa shape index (κ1) is 16.5. The van der Waals surface area contributed by atoms with E-state index in [9.17, 15) is 4.79 Å². The topological polar surface area (TPSA) is 55.1 Å². The van der Waals surface area contributed by atoms with E-state index in [0.29, 0.717) is 11.5 Å². The Morgan fingerprint density at radius 2 is 1.95 bits per heavy atom. The Labute approximate surface area is 137 Å². The van der Waals surface area contributed by atoms with Crippen LogP contribution >= 0.6 is 12.4 Å². The summed E-state index contributed by atoms with van der Waals surface area (Å²) in [5.74, 6) is 0.328. The molecule has 1 aliphatic rings. The number of hydrogen-bond acceptors (Lipinski definition) is 2. The van der Waals surface area contributed by atoms with Gasteiger partial charge in [0.05, 0.1) is 0 Å². The third-order valence-electron chi connectivity index (χ3n) is 4.36. The van der Waals surface area contributed by atoms with Crippen LogP contribution in [-0.2, 0) is 0 Å². The zero-order valence-electron chi connectivity index (χ0n) is 12.6. The van der Waals surface area contributed by atoms with Crippen LogP contribution in [0.25, 0.3) is 0 Å². The monoisotopic (exact) mass is 316 g/mol. The maximum Gasteiger partial charge on any atom is 0.255 e. The van der Waals surface area contributed by atoms with Gasteiger partial charge in [0.15, 0.2) is 0 Å². The Hall–Kier alpha value is -1.84. The van der Waals surface area contributed by atoms with Gasteiger partial charge in [-0.2, -0.15) is 0 Å². The van der Waals surface area contributed by atoms with E-state index in [2.05, 4.69) is 18.3 Å². The van der Waals surface area contributed by atoms with Crippen molar-refractivity contribution in [3.8, 4) is 0 Å². The molecular formula is C18H21ClN2O. The summed E-state index contributed by atoms with van der Waals surface area (Å²) in [6.07, 6.45) is 2.01. The van der Waals surface area contributed by atoms with Crippen LogP contribution in [0.3, 0.4) is 0 Å². The lowest BCUT2D eigenvalue weighted by atomic mass is 10.0. The summed E-state index contributed by atoms with van der Waals surface area (Å²) in [6, 6.07) is 17.3. The average molecular weight is 317 g/mol. The SMILES string of the molecule is CC[C@]1(N)C[C@H]1c1cccc(NC(=O)c2ccccc2)c1.Cl. The normalized spacial score (nSPS) is 22.5. The van der Waals surface area contributed by atoms with E-state index in [1.54, 1.807) is 0 Å². The second kappa shape index (κ2) is 6.51. The number of carbonyl (C=O) groups is 1. The molecule has 0 saturated heterocycles. The number of carbonyl (C=O) groups excluding carboxylic acids is 1. The number of nitrogens with one attached hydrogen (secondary N) is 1. The lowest BCUT2D eigenvalue weighted by Crippen LogP contribution is -2.22. The summed E-state index contributed by atoms with van der Waals surface area (Å²) in [5.41, 5.74) is 8.93. The molecule has 1 amide bonds. The van der Waals surface area contributed by atoms with Crippen molar-refractivity contribution in [2.45, 2.75) is 31.2 Å². The summed E-state index contributed by atoms with van der Waals surface area (Å²) in [6.45, 7) is 2.13. The lowest BCUT2D eigenvalue weighted by molar-refractivity contribution is 0.102. The minimum absolute atomic E-state index is 0. The van der Waals surface area contributed by atoms with E-state index < -0.39 is 0 Å². The van der Waals surface area contributed by atoms with Crippen LogP contribution in [0.2, 0.25) is 0 Å².